The lowest BCUT2D eigenvalue weighted by Crippen LogP contribution is -2.22. The predicted molar refractivity (Wildman–Crippen MR) is 68.0 cm³/mol. The Kier molecular flexibility index (Phi) is 3.29. The van der Waals surface area contributed by atoms with E-state index in [0.717, 1.165) is 11.4 Å². The van der Waals surface area contributed by atoms with E-state index in [2.05, 4.69) is 15.1 Å². The van der Waals surface area contributed by atoms with Gasteiger partial charge in [0.25, 0.3) is 0 Å². The van der Waals surface area contributed by atoms with Gasteiger partial charge in [0.2, 0.25) is 5.91 Å². The average molecular weight is 266 g/mol. The number of nitrogens with zero attached hydrogens (tertiary/aromatic N) is 5. The minimum atomic E-state index is -0.113. The van der Waals surface area contributed by atoms with Crippen LogP contribution in [0, 0.1) is 6.92 Å². The van der Waals surface area contributed by atoms with Crippen molar-refractivity contribution >= 4 is 23.2 Å². The molecule has 0 aromatic carbocycles. The zero-order valence-electron chi connectivity index (χ0n) is 10.3. The Morgan fingerprint density at radius 1 is 1.50 bits per heavy atom. The molecule has 0 N–H and O–H groups in total. The minimum Gasteiger partial charge on any atom is -0.312 e. The number of aromatic nitrogens is 4. The third kappa shape index (κ3) is 2.19. The molecule has 0 fully saturated rings. The van der Waals surface area contributed by atoms with E-state index in [4.69, 9.17) is 11.6 Å². The summed E-state index contributed by atoms with van der Waals surface area (Å²) in [4.78, 5) is 20.8. The van der Waals surface area contributed by atoms with Crippen LogP contribution in [-0.4, -0.2) is 32.7 Å². The first kappa shape index (κ1) is 12.5. The molecule has 0 aliphatic carbocycles. The van der Waals surface area contributed by atoms with Gasteiger partial charge in [-0.3, -0.25) is 4.79 Å². The van der Waals surface area contributed by atoms with Gasteiger partial charge in [-0.1, -0.05) is 11.6 Å². The second-order valence-corrected chi connectivity index (χ2v) is 4.18. The number of aryl methyl sites for hydroxylation is 1. The maximum atomic E-state index is 11.3. The number of carbonyl (C=O) groups is 1. The predicted octanol–water partition coefficient (Wildman–Crippen LogP) is 1.61. The summed E-state index contributed by atoms with van der Waals surface area (Å²) in [5.74, 6) is -0.113. The van der Waals surface area contributed by atoms with Crippen LogP contribution in [0.1, 0.15) is 12.6 Å². The molecule has 0 unspecified atom stereocenters. The molecule has 1 amide bonds. The van der Waals surface area contributed by atoms with Crippen molar-refractivity contribution in [2.75, 3.05) is 11.9 Å². The van der Waals surface area contributed by atoms with Crippen molar-refractivity contribution < 1.29 is 4.79 Å². The molecule has 2 rings (SSSR count). The topological polar surface area (TPSA) is 63.9 Å². The van der Waals surface area contributed by atoms with Crippen LogP contribution in [0.15, 0.2) is 18.7 Å². The number of halogens is 1. The second kappa shape index (κ2) is 4.73. The molecular weight excluding hydrogens is 254 g/mol. The van der Waals surface area contributed by atoms with E-state index in [-0.39, 0.29) is 11.1 Å². The van der Waals surface area contributed by atoms with E-state index in [1.807, 2.05) is 6.92 Å². The largest absolute Gasteiger partial charge is 0.312 e. The zero-order chi connectivity index (χ0) is 13.3. The molecule has 2 aromatic heterocycles. The zero-order valence-corrected chi connectivity index (χ0v) is 11.0. The lowest BCUT2D eigenvalue weighted by Gasteiger charge is -2.11. The van der Waals surface area contributed by atoms with Crippen molar-refractivity contribution in [3.63, 3.8) is 0 Å². The van der Waals surface area contributed by atoms with Crippen LogP contribution in [0.4, 0.5) is 5.69 Å². The van der Waals surface area contributed by atoms with Crippen molar-refractivity contribution in [2.45, 2.75) is 13.8 Å². The summed E-state index contributed by atoms with van der Waals surface area (Å²) >= 11 is 6.02. The van der Waals surface area contributed by atoms with E-state index in [1.165, 1.54) is 18.2 Å². The summed E-state index contributed by atoms with van der Waals surface area (Å²) in [6.45, 7) is 3.31. The molecule has 7 heteroatoms. The highest BCUT2D eigenvalue weighted by atomic mass is 35.5. The Morgan fingerprint density at radius 3 is 2.83 bits per heavy atom. The van der Waals surface area contributed by atoms with Gasteiger partial charge in [-0.2, -0.15) is 5.10 Å². The molecule has 0 saturated carbocycles. The van der Waals surface area contributed by atoms with Gasteiger partial charge in [-0.25, -0.2) is 14.6 Å². The maximum absolute atomic E-state index is 11.3. The molecular formula is C11H12ClN5O. The highest BCUT2D eigenvalue weighted by molar-refractivity contribution is 6.32. The number of anilines is 1. The minimum absolute atomic E-state index is 0.113. The summed E-state index contributed by atoms with van der Waals surface area (Å²) < 4.78 is 1.56. The number of rotatable bonds is 2. The van der Waals surface area contributed by atoms with Gasteiger partial charge in [-0.05, 0) is 6.92 Å². The fourth-order valence-electron chi connectivity index (χ4n) is 1.47. The highest BCUT2D eigenvalue weighted by Crippen LogP contribution is 2.25. The van der Waals surface area contributed by atoms with E-state index in [9.17, 15) is 4.79 Å². The first-order valence-electron chi connectivity index (χ1n) is 5.27. The monoisotopic (exact) mass is 265 g/mol. The SMILES string of the molecule is CC(=O)N(C)c1cn(-c2cncnc2C)nc1Cl. The molecule has 0 aliphatic heterocycles. The van der Waals surface area contributed by atoms with E-state index in [0.29, 0.717) is 5.69 Å². The lowest BCUT2D eigenvalue weighted by atomic mass is 10.4. The number of hydrogen-bond acceptors (Lipinski definition) is 4. The summed E-state index contributed by atoms with van der Waals surface area (Å²) in [5, 5.41) is 4.41. The smallest absolute Gasteiger partial charge is 0.223 e. The molecule has 0 bridgehead atoms. The van der Waals surface area contributed by atoms with Crippen LogP contribution < -0.4 is 4.90 Å². The number of hydrogen-bond donors (Lipinski definition) is 0. The molecule has 6 nitrogen and oxygen atoms in total. The molecule has 0 aliphatic rings. The highest BCUT2D eigenvalue weighted by Gasteiger charge is 2.15. The first-order valence-corrected chi connectivity index (χ1v) is 5.65. The average Bonchev–Trinajstić information content (AvgIpc) is 2.70. The van der Waals surface area contributed by atoms with Gasteiger partial charge in [-0.15, -0.1) is 0 Å². The van der Waals surface area contributed by atoms with Gasteiger partial charge >= 0.3 is 0 Å². The Labute approximate surface area is 109 Å². The van der Waals surface area contributed by atoms with Gasteiger partial charge in [0.05, 0.1) is 18.1 Å². The van der Waals surface area contributed by atoms with Gasteiger partial charge in [0.1, 0.15) is 17.7 Å². The van der Waals surface area contributed by atoms with Crippen molar-refractivity contribution in [1.29, 1.82) is 0 Å². The van der Waals surface area contributed by atoms with Crippen LogP contribution in [0.5, 0.6) is 0 Å². The summed E-state index contributed by atoms with van der Waals surface area (Å²) in [6, 6.07) is 0. The number of amides is 1. The molecule has 2 aromatic rings. The molecule has 94 valence electrons. The number of carbonyl (C=O) groups excluding carboxylic acids is 1. The Bertz CT molecular complexity index is 595. The van der Waals surface area contributed by atoms with Crippen LogP contribution in [0.25, 0.3) is 5.69 Å². The van der Waals surface area contributed by atoms with Crippen molar-refractivity contribution in [3.8, 4) is 5.69 Å². The first-order chi connectivity index (χ1) is 8.50. The Morgan fingerprint density at radius 2 is 2.22 bits per heavy atom. The molecule has 0 spiro atoms. The van der Waals surface area contributed by atoms with E-state index in [1.54, 1.807) is 24.1 Å². The second-order valence-electron chi connectivity index (χ2n) is 3.82. The van der Waals surface area contributed by atoms with Crippen molar-refractivity contribution in [1.82, 2.24) is 19.7 Å². The molecule has 0 radical (unpaired) electrons. The van der Waals surface area contributed by atoms with E-state index >= 15 is 0 Å². The van der Waals surface area contributed by atoms with Crippen molar-refractivity contribution in [3.05, 3.63) is 29.6 Å². The molecule has 18 heavy (non-hydrogen) atoms. The van der Waals surface area contributed by atoms with Crippen LogP contribution in [0.2, 0.25) is 5.15 Å². The standard InChI is InChI=1S/C11H12ClN5O/c1-7-9(4-13-6-14-7)17-5-10(11(12)15-17)16(3)8(2)18/h4-6H,1-3H3. The van der Waals surface area contributed by atoms with Gasteiger partial charge in [0, 0.05) is 14.0 Å². The quantitative estimate of drug-likeness (QED) is 0.827. The van der Waals surface area contributed by atoms with Crippen molar-refractivity contribution in [2.24, 2.45) is 0 Å². The lowest BCUT2D eigenvalue weighted by molar-refractivity contribution is -0.116. The fourth-order valence-corrected chi connectivity index (χ4v) is 1.73. The van der Waals surface area contributed by atoms with Crippen LogP contribution >= 0.6 is 11.6 Å². The molecule has 0 atom stereocenters. The van der Waals surface area contributed by atoms with E-state index < -0.39 is 0 Å². The normalized spacial score (nSPS) is 10.4. The van der Waals surface area contributed by atoms with Gasteiger partial charge < -0.3 is 4.90 Å². The maximum Gasteiger partial charge on any atom is 0.223 e. The fraction of sp³-hybridized carbons (Fsp3) is 0.273. The van der Waals surface area contributed by atoms with Crippen LogP contribution in [0.3, 0.4) is 0 Å². The third-order valence-corrected chi connectivity index (χ3v) is 2.89. The molecule has 0 saturated heterocycles. The summed E-state index contributed by atoms with van der Waals surface area (Å²) in [7, 11) is 1.64. The Hall–Kier alpha value is -1.95. The molecule has 2 heterocycles. The van der Waals surface area contributed by atoms with Gasteiger partial charge in [0.15, 0.2) is 5.15 Å². The summed E-state index contributed by atoms with van der Waals surface area (Å²) in [6.07, 6.45) is 4.78. The summed E-state index contributed by atoms with van der Waals surface area (Å²) in [5.41, 5.74) is 2.05. The van der Waals surface area contributed by atoms with Crippen LogP contribution in [-0.2, 0) is 4.79 Å². The third-order valence-electron chi connectivity index (χ3n) is 2.62. The Balaban J connectivity index is 2.47.